The molecule has 0 aliphatic rings. The van der Waals surface area contributed by atoms with Gasteiger partial charge >= 0.3 is 0 Å². The maximum absolute atomic E-state index is 3.99. The summed E-state index contributed by atoms with van der Waals surface area (Å²) in [5, 5.41) is 3.99. The molecule has 58 valence electrons. The molecule has 1 rings (SSSR count). The van der Waals surface area contributed by atoms with E-state index in [4.69, 9.17) is 0 Å². The van der Waals surface area contributed by atoms with E-state index < -0.39 is 0 Å². The van der Waals surface area contributed by atoms with Gasteiger partial charge in [-0.3, -0.25) is 5.43 Å². The van der Waals surface area contributed by atoms with Crippen molar-refractivity contribution in [2.24, 2.45) is 5.10 Å². The first kappa shape index (κ1) is 7.79. The van der Waals surface area contributed by atoms with Gasteiger partial charge in [0.25, 0.3) is 0 Å². The van der Waals surface area contributed by atoms with Crippen molar-refractivity contribution in [2.75, 3.05) is 5.43 Å². The zero-order valence-corrected chi connectivity index (χ0v) is 6.62. The average molecular weight is 148 g/mol. The molecule has 1 N–H and O–H groups in total. The number of rotatable bonds is 3. The number of para-hydroxylation sites is 1. The summed E-state index contributed by atoms with van der Waals surface area (Å²) in [4.78, 5) is 0. The number of hydrogen-bond acceptors (Lipinski definition) is 2. The highest BCUT2D eigenvalue weighted by atomic mass is 15.3. The molecule has 0 atom stereocenters. The first-order chi connectivity index (χ1) is 5.43. The fourth-order valence-corrected chi connectivity index (χ4v) is 0.724. The Labute approximate surface area is 66.9 Å². The van der Waals surface area contributed by atoms with Gasteiger partial charge in [0.15, 0.2) is 0 Å². The molecule has 0 fully saturated rings. The summed E-state index contributed by atoms with van der Waals surface area (Å²) < 4.78 is 0. The second kappa shape index (κ2) is 4.50. The third kappa shape index (κ3) is 2.85. The molecule has 0 radical (unpaired) electrons. The maximum Gasteiger partial charge on any atom is 0.0561 e. The van der Waals surface area contributed by atoms with Crippen molar-refractivity contribution in [2.45, 2.75) is 13.3 Å². The summed E-state index contributed by atoms with van der Waals surface area (Å²) in [6, 6.07) is 9.89. The van der Waals surface area contributed by atoms with Crippen molar-refractivity contribution in [1.29, 1.82) is 0 Å². The lowest BCUT2D eigenvalue weighted by Gasteiger charge is -1.96. The fraction of sp³-hybridized carbons (Fsp3) is 0.222. The normalized spacial score (nSPS) is 10.3. The van der Waals surface area contributed by atoms with E-state index in [1.807, 2.05) is 36.5 Å². The van der Waals surface area contributed by atoms with Crippen LogP contribution in [0.4, 0.5) is 5.69 Å². The fourth-order valence-electron chi connectivity index (χ4n) is 0.724. The van der Waals surface area contributed by atoms with Crippen molar-refractivity contribution in [3.8, 4) is 0 Å². The minimum absolute atomic E-state index is 0.958. The molecular weight excluding hydrogens is 136 g/mol. The highest BCUT2D eigenvalue weighted by molar-refractivity contribution is 5.58. The first-order valence-electron chi connectivity index (χ1n) is 3.76. The Morgan fingerprint density at radius 2 is 2.09 bits per heavy atom. The molecule has 0 saturated heterocycles. The van der Waals surface area contributed by atoms with Gasteiger partial charge in [0.2, 0.25) is 0 Å². The second-order valence-electron chi connectivity index (χ2n) is 2.20. The van der Waals surface area contributed by atoms with Crippen LogP contribution in [0.2, 0.25) is 0 Å². The van der Waals surface area contributed by atoms with E-state index in [1.54, 1.807) is 0 Å². The topological polar surface area (TPSA) is 24.4 Å². The van der Waals surface area contributed by atoms with Crippen molar-refractivity contribution in [1.82, 2.24) is 0 Å². The van der Waals surface area contributed by atoms with Crippen molar-refractivity contribution in [3.63, 3.8) is 0 Å². The summed E-state index contributed by atoms with van der Waals surface area (Å²) in [6.45, 7) is 2.05. The lowest BCUT2D eigenvalue weighted by molar-refractivity contribution is 1.27. The van der Waals surface area contributed by atoms with Crippen LogP contribution in [0.5, 0.6) is 0 Å². The van der Waals surface area contributed by atoms with Gasteiger partial charge in [0, 0.05) is 6.21 Å². The Morgan fingerprint density at radius 3 is 2.73 bits per heavy atom. The molecule has 2 heteroatoms. The Bertz CT molecular complexity index is 216. The predicted octanol–water partition coefficient (Wildman–Crippen LogP) is 2.49. The van der Waals surface area contributed by atoms with Gasteiger partial charge in [-0.05, 0) is 18.6 Å². The van der Waals surface area contributed by atoms with Gasteiger partial charge in [-0.25, -0.2) is 0 Å². The Morgan fingerprint density at radius 1 is 1.36 bits per heavy atom. The number of nitrogens with one attached hydrogen (secondary N) is 1. The van der Waals surface area contributed by atoms with Gasteiger partial charge in [-0.1, -0.05) is 25.1 Å². The largest absolute Gasteiger partial charge is 0.279 e. The summed E-state index contributed by atoms with van der Waals surface area (Å²) in [5.74, 6) is 0. The van der Waals surface area contributed by atoms with Crippen LogP contribution in [-0.4, -0.2) is 6.21 Å². The number of hydrogen-bond donors (Lipinski definition) is 1. The number of hydrazone groups is 1. The summed E-state index contributed by atoms with van der Waals surface area (Å²) in [7, 11) is 0. The van der Waals surface area contributed by atoms with Crippen LogP contribution >= 0.6 is 0 Å². The van der Waals surface area contributed by atoms with E-state index in [-0.39, 0.29) is 0 Å². The summed E-state index contributed by atoms with van der Waals surface area (Å²) >= 11 is 0. The maximum atomic E-state index is 3.99. The van der Waals surface area contributed by atoms with Gasteiger partial charge in [-0.2, -0.15) is 5.10 Å². The Balaban J connectivity index is 2.45. The van der Waals surface area contributed by atoms with Gasteiger partial charge in [-0.15, -0.1) is 0 Å². The van der Waals surface area contributed by atoms with Crippen molar-refractivity contribution in [3.05, 3.63) is 30.3 Å². The lowest BCUT2D eigenvalue weighted by Crippen LogP contribution is -1.87. The minimum atomic E-state index is 0.958. The van der Waals surface area contributed by atoms with Gasteiger partial charge < -0.3 is 0 Å². The van der Waals surface area contributed by atoms with Crippen LogP contribution in [0.1, 0.15) is 13.3 Å². The van der Waals surface area contributed by atoms with Crippen LogP contribution in [0, 0.1) is 0 Å². The zero-order chi connectivity index (χ0) is 7.94. The highest BCUT2D eigenvalue weighted by Crippen LogP contribution is 2.03. The monoisotopic (exact) mass is 148 g/mol. The van der Waals surface area contributed by atoms with E-state index in [0.29, 0.717) is 0 Å². The summed E-state index contributed by atoms with van der Waals surface area (Å²) in [6.07, 6.45) is 2.80. The van der Waals surface area contributed by atoms with E-state index >= 15 is 0 Å². The first-order valence-corrected chi connectivity index (χ1v) is 3.76. The lowest BCUT2D eigenvalue weighted by atomic mass is 10.3. The molecule has 11 heavy (non-hydrogen) atoms. The molecule has 1 aromatic carbocycles. The Hall–Kier alpha value is -1.31. The quantitative estimate of drug-likeness (QED) is 0.517. The van der Waals surface area contributed by atoms with Crippen molar-refractivity contribution < 1.29 is 0 Å². The van der Waals surface area contributed by atoms with Crippen LogP contribution in [0.3, 0.4) is 0 Å². The molecule has 0 spiro atoms. The predicted molar refractivity (Wildman–Crippen MR) is 48.8 cm³/mol. The zero-order valence-electron chi connectivity index (χ0n) is 6.62. The van der Waals surface area contributed by atoms with Crippen LogP contribution in [0.25, 0.3) is 0 Å². The van der Waals surface area contributed by atoms with Crippen molar-refractivity contribution >= 4 is 11.9 Å². The smallest absolute Gasteiger partial charge is 0.0561 e. The molecule has 1 aromatic rings. The van der Waals surface area contributed by atoms with Crippen LogP contribution < -0.4 is 5.43 Å². The van der Waals surface area contributed by atoms with Gasteiger partial charge in [0.05, 0.1) is 5.69 Å². The van der Waals surface area contributed by atoms with Crippen LogP contribution in [0.15, 0.2) is 35.4 Å². The third-order valence-electron chi connectivity index (χ3n) is 1.24. The number of nitrogens with zero attached hydrogens (tertiary/aromatic N) is 1. The van der Waals surface area contributed by atoms with Crippen LogP contribution in [-0.2, 0) is 0 Å². The van der Waals surface area contributed by atoms with E-state index in [1.165, 1.54) is 0 Å². The molecule has 0 aromatic heterocycles. The number of benzene rings is 1. The molecule has 2 nitrogen and oxygen atoms in total. The highest BCUT2D eigenvalue weighted by Gasteiger charge is 1.82. The Kier molecular flexibility index (Phi) is 3.19. The van der Waals surface area contributed by atoms with Gasteiger partial charge in [0.1, 0.15) is 0 Å². The van der Waals surface area contributed by atoms with E-state index in [9.17, 15) is 0 Å². The molecule has 0 aliphatic carbocycles. The molecule has 0 heterocycles. The average Bonchev–Trinajstić information content (AvgIpc) is 2.07. The molecule has 0 aliphatic heterocycles. The minimum Gasteiger partial charge on any atom is -0.279 e. The standard InChI is InChI=1S/C9H12N2/c1-2-8-10-11-9-6-4-3-5-7-9/h3-8,11H,2H2,1H3/b10-8-. The molecule has 0 bridgehead atoms. The third-order valence-corrected chi connectivity index (χ3v) is 1.24. The second-order valence-corrected chi connectivity index (χ2v) is 2.20. The molecule has 0 unspecified atom stereocenters. The molecular formula is C9H12N2. The van der Waals surface area contributed by atoms with E-state index in [0.717, 1.165) is 12.1 Å². The molecule has 0 saturated carbocycles. The SMILES string of the molecule is CC/C=N\Nc1ccccc1. The summed E-state index contributed by atoms with van der Waals surface area (Å²) in [5.41, 5.74) is 3.94. The molecule has 0 amide bonds. The van der Waals surface area contributed by atoms with E-state index in [2.05, 4.69) is 17.5 Å². The number of anilines is 1.